The average Bonchev–Trinajstić information content (AvgIpc) is 2.44. The molecular formula is C14H13F2N3O2. The second-order valence-corrected chi connectivity index (χ2v) is 4.78. The summed E-state index contributed by atoms with van der Waals surface area (Å²) in [5.41, 5.74) is -0.441. The maximum atomic E-state index is 13.4. The van der Waals surface area contributed by atoms with Gasteiger partial charge in [-0.05, 0) is 30.5 Å². The van der Waals surface area contributed by atoms with Crippen molar-refractivity contribution in [2.75, 3.05) is 0 Å². The number of nitriles is 1. The Kier molecular flexibility index (Phi) is 4.48. The lowest BCUT2D eigenvalue weighted by Gasteiger charge is -2.22. The van der Waals surface area contributed by atoms with Gasteiger partial charge in [-0.2, -0.15) is 5.26 Å². The number of piperidine rings is 1. The third-order valence-corrected chi connectivity index (χ3v) is 3.23. The van der Waals surface area contributed by atoms with Crippen molar-refractivity contribution in [1.29, 1.82) is 5.26 Å². The summed E-state index contributed by atoms with van der Waals surface area (Å²) >= 11 is 0. The lowest BCUT2D eigenvalue weighted by molar-refractivity contribution is -0.131. The van der Waals surface area contributed by atoms with Gasteiger partial charge in [-0.1, -0.05) is 0 Å². The van der Waals surface area contributed by atoms with E-state index in [1.807, 2.05) is 0 Å². The number of nitrogens with one attached hydrogen (secondary N) is 2. The highest BCUT2D eigenvalue weighted by molar-refractivity contribution is 5.88. The van der Waals surface area contributed by atoms with Gasteiger partial charge < -0.3 is 10.6 Å². The molecule has 1 unspecified atom stereocenters. The van der Waals surface area contributed by atoms with Crippen molar-refractivity contribution in [3.05, 3.63) is 34.9 Å². The van der Waals surface area contributed by atoms with Crippen LogP contribution < -0.4 is 10.6 Å². The van der Waals surface area contributed by atoms with Crippen LogP contribution in [0.1, 0.15) is 30.4 Å². The first kappa shape index (κ1) is 14.9. The normalized spacial score (nSPS) is 17.8. The zero-order chi connectivity index (χ0) is 15.4. The molecule has 1 atom stereocenters. The molecule has 1 aliphatic rings. The molecule has 0 spiro atoms. The summed E-state index contributed by atoms with van der Waals surface area (Å²) in [5.74, 6) is -2.51. The number of hydrogen-bond acceptors (Lipinski definition) is 3. The lowest BCUT2D eigenvalue weighted by atomic mass is 10.0. The van der Waals surface area contributed by atoms with E-state index in [1.54, 1.807) is 0 Å². The third kappa shape index (κ3) is 3.54. The second kappa shape index (κ2) is 6.31. The van der Waals surface area contributed by atoms with Crippen LogP contribution in [-0.4, -0.2) is 17.9 Å². The number of amides is 2. The summed E-state index contributed by atoms with van der Waals surface area (Å²) < 4.78 is 26.8. The van der Waals surface area contributed by atoms with Crippen molar-refractivity contribution in [3.8, 4) is 6.07 Å². The highest BCUT2D eigenvalue weighted by Crippen LogP contribution is 2.14. The molecule has 2 amide bonds. The van der Waals surface area contributed by atoms with E-state index >= 15 is 0 Å². The number of carbonyl (C=O) groups excluding carboxylic acids is 2. The molecule has 1 fully saturated rings. The summed E-state index contributed by atoms with van der Waals surface area (Å²) in [6.07, 6.45) is 1.56. The Morgan fingerprint density at radius 3 is 2.67 bits per heavy atom. The second-order valence-electron chi connectivity index (χ2n) is 4.78. The Hall–Kier alpha value is -2.49. The maximum Gasteiger partial charge on any atom is 0.242 e. The van der Waals surface area contributed by atoms with Gasteiger partial charge in [0, 0.05) is 13.0 Å². The molecule has 1 aromatic carbocycles. The largest absolute Gasteiger partial charge is 0.350 e. The van der Waals surface area contributed by atoms with Crippen LogP contribution in [0.3, 0.4) is 0 Å². The molecule has 0 radical (unpaired) electrons. The van der Waals surface area contributed by atoms with Gasteiger partial charge in [0.2, 0.25) is 11.8 Å². The standard InChI is InChI=1S/C14H13F2N3O2/c15-10-4-8(5-11(16)9(10)6-17)7-18-14(21)12-2-1-3-13(20)19-12/h4-5,12H,1-3,7H2,(H,18,21)(H,19,20). The first-order valence-electron chi connectivity index (χ1n) is 6.46. The number of rotatable bonds is 3. The van der Waals surface area contributed by atoms with Gasteiger partial charge in [-0.25, -0.2) is 8.78 Å². The van der Waals surface area contributed by atoms with Crippen LogP contribution in [0.25, 0.3) is 0 Å². The molecule has 110 valence electrons. The van der Waals surface area contributed by atoms with Crippen molar-refractivity contribution < 1.29 is 18.4 Å². The van der Waals surface area contributed by atoms with Crippen LogP contribution in [0.4, 0.5) is 8.78 Å². The molecule has 2 rings (SSSR count). The SMILES string of the molecule is N#Cc1c(F)cc(CNC(=O)C2CCCC(=O)N2)cc1F. The van der Waals surface area contributed by atoms with Gasteiger partial charge >= 0.3 is 0 Å². The highest BCUT2D eigenvalue weighted by atomic mass is 19.1. The Morgan fingerprint density at radius 1 is 1.43 bits per heavy atom. The van der Waals surface area contributed by atoms with Gasteiger partial charge in [0.25, 0.3) is 0 Å². The fraction of sp³-hybridized carbons (Fsp3) is 0.357. The van der Waals surface area contributed by atoms with Crippen LogP contribution in [-0.2, 0) is 16.1 Å². The summed E-state index contributed by atoms with van der Waals surface area (Å²) in [6.45, 7) is -0.0786. The van der Waals surface area contributed by atoms with E-state index in [0.29, 0.717) is 19.3 Å². The average molecular weight is 293 g/mol. The van der Waals surface area contributed by atoms with Crippen LogP contribution in [0, 0.1) is 23.0 Å². The van der Waals surface area contributed by atoms with Crippen LogP contribution >= 0.6 is 0 Å². The first-order chi connectivity index (χ1) is 10.0. The molecule has 21 heavy (non-hydrogen) atoms. The predicted octanol–water partition coefficient (Wildman–Crippen LogP) is 1.12. The molecule has 0 aliphatic carbocycles. The lowest BCUT2D eigenvalue weighted by Crippen LogP contribution is -2.48. The Bertz CT molecular complexity index is 602. The summed E-state index contributed by atoms with van der Waals surface area (Å²) in [7, 11) is 0. The number of carbonyl (C=O) groups is 2. The smallest absolute Gasteiger partial charge is 0.242 e. The first-order valence-corrected chi connectivity index (χ1v) is 6.46. The highest BCUT2D eigenvalue weighted by Gasteiger charge is 2.24. The predicted molar refractivity (Wildman–Crippen MR) is 68.7 cm³/mol. The molecule has 5 nitrogen and oxygen atoms in total. The maximum absolute atomic E-state index is 13.4. The van der Waals surface area contributed by atoms with Crippen LogP contribution in [0.5, 0.6) is 0 Å². The molecule has 0 saturated carbocycles. The Balaban J connectivity index is 1.98. The van der Waals surface area contributed by atoms with Gasteiger partial charge in [0.05, 0.1) is 0 Å². The molecule has 1 saturated heterocycles. The van der Waals surface area contributed by atoms with E-state index in [1.165, 1.54) is 6.07 Å². The van der Waals surface area contributed by atoms with Crippen molar-refractivity contribution in [1.82, 2.24) is 10.6 Å². The van der Waals surface area contributed by atoms with Crippen LogP contribution in [0.2, 0.25) is 0 Å². The monoisotopic (exact) mass is 293 g/mol. The van der Waals surface area contributed by atoms with Crippen molar-refractivity contribution in [3.63, 3.8) is 0 Å². The number of hydrogen-bond donors (Lipinski definition) is 2. The Morgan fingerprint density at radius 2 is 2.10 bits per heavy atom. The molecule has 2 N–H and O–H groups in total. The van der Waals surface area contributed by atoms with Gasteiger partial charge in [0.15, 0.2) is 0 Å². The molecule has 0 aromatic heterocycles. The van der Waals surface area contributed by atoms with E-state index in [4.69, 9.17) is 5.26 Å². The number of benzene rings is 1. The van der Waals surface area contributed by atoms with Gasteiger partial charge in [-0.15, -0.1) is 0 Å². The quantitative estimate of drug-likeness (QED) is 0.876. The van der Waals surface area contributed by atoms with E-state index in [-0.39, 0.29) is 18.0 Å². The topological polar surface area (TPSA) is 82.0 Å². The zero-order valence-electron chi connectivity index (χ0n) is 11.1. The van der Waals surface area contributed by atoms with Crippen molar-refractivity contribution >= 4 is 11.8 Å². The van der Waals surface area contributed by atoms with Gasteiger partial charge in [0.1, 0.15) is 29.3 Å². The Labute approximate surface area is 119 Å². The van der Waals surface area contributed by atoms with Crippen molar-refractivity contribution in [2.24, 2.45) is 0 Å². The molecule has 0 bridgehead atoms. The fourth-order valence-electron chi connectivity index (χ4n) is 2.15. The fourth-order valence-corrected chi connectivity index (χ4v) is 2.15. The molecule has 1 heterocycles. The minimum atomic E-state index is -0.965. The summed E-state index contributed by atoms with van der Waals surface area (Å²) in [5, 5.41) is 13.6. The van der Waals surface area contributed by atoms with E-state index in [2.05, 4.69) is 10.6 Å². The van der Waals surface area contributed by atoms with E-state index in [0.717, 1.165) is 12.1 Å². The minimum Gasteiger partial charge on any atom is -0.350 e. The minimum absolute atomic E-state index is 0.0786. The molecule has 1 aliphatic heterocycles. The van der Waals surface area contributed by atoms with E-state index in [9.17, 15) is 18.4 Å². The third-order valence-electron chi connectivity index (χ3n) is 3.23. The van der Waals surface area contributed by atoms with Crippen LogP contribution in [0.15, 0.2) is 12.1 Å². The van der Waals surface area contributed by atoms with E-state index < -0.39 is 29.1 Å². The van der Waals surface area contributed by atoms with Gasteiger partial charge in [-0.3, -0.25) is 9.59 Å². The zero-order valence-corrected chi connectivity index (χ0v) is 11.1. The van der Waals surface area contributed by atoms with Crippen molar-refractivity contribution in [2.45, 2.75) is 31.8 Å². The number of nitrogens with zero attached hydrogens (tertiary/aromatic N) is 1. The number of halogens is 2. The molecule has 7 heteroatoms. The summed E-state index contributed by atoms with van der Waals surface area (Å²) in [6, 6.07) is 2.82. The molecular weight excluding hydrogens is 280 g/mol. The summed E-state index contributed by atoms with van der Waals surface area (Å²) in [4.78, 5) is 23.0. The molecule has 1 aromatic rings.